The van der Waals surface area contributed by atoms with Gasteiger partial charge in [-0.15, -0.1) is 0 Å². The standard InChI is InChI=1S/C20H29N5O2/c1-20(2,3)27-19(26)25-13-11-24(12-14-25)17-8-6-5-7-16(17)22-15-18-21-9-10-23(18)4/h5-10,22H,11-15H2,1-4H3. The number of carbonyl (C=O) groups is 1. The molecule has 1 N–H and O–H groups in total. The number of rotatable bonds is 4. The Morgan fingerprint density at radius 3 is 2.52 bits per heavy atom. The average Bonchev–Trinajstić information content (AvgIpc) is 3.04. The van der Waals surface area contributed by atoms with E-state index in [1.54, 1.807) is 11.1 Å². The highest BCUT2D eigenvalue weighted by molar-refractivity contribution is 5.72. The summed E-state index contributed by atoms with van der Waals surface area (Å²) in [6, 6.07) is 8.27. The molecule has 1 amide bonds. The highest BCUT2D eigenvalue weighted by Gasteiger charge is 2.26. The maximum Gasteiger partial charge on any atom is 0.410 e. The molecule has 0 radical (unpaired) electrons. The molecule has 0 aliphatic carbocycles. The molecule has 1 aromatic carbocycles. The van der Waals surface area contributed by atoms with Crippen molar-refractivity contribution >= 4 is 17.5 Å². The Kier molecular flexibility index (Phi) is 5.58. The van der Waals surface area contributed by atoms with Crippen molar-refractivity contribution < 1.29 is 9.53 Å². The van der Waals surface area contributed by atoms with Crippen molar-refractivity contribution in [3.8, 4) is 0 Å². The first-order valence-corrected chi connectivity index (χ1v) is 9.35. The fourth-order valence-corrected chi connectivity index (χ4v) is 3.10. The van der Waals surface area contributed by atoms with Crippen LogP contribution in [0.15, 0.2) is 36.7 Å². The summed E-state index contributed by atoms with van der Waals surface area (Å²) in [5, 5.41) is 3.49. The molecule has 0 spiro atoms. The Labute approximate surface area is 160 Å². The number of ether oxygens (including phenoxy) is 1. The summed E-state index contributed by atoms with van der Waals surface area (Å²) in [5.74, 6) is 0.986. The van der Waals surface area contributed by atoms with Crippen molar-refractivity contribution in [2.45, 2.75) is 32.9 Å². The lowest BCUT2D eigenvalue weighted by Gasteiger charge is -2.37. The molecule has 0 saturated carbocycles. The van der Waals surface area contributed by atoms with Gasteiger partial charge >= 0.3 is 6.09 Å². The molecule has 2 aromatic rings. The summed E-state index contributed by atoms with van der Waals surface area (Å²) in [6.07, 6.45) is 3.51. The summed E-state index contributed by atoms with van der Waals surface area (Å²) in [6.45, 7) is 9.21. The number of imidazole rings is 1. The van der Waals surface area contributed by atoms with Gasteiger partial charge in [0.1, 0.15) is 11.4 Å². The summed E-state index contributed by atoms with van der Waals surface area (Å²) in [4.78, 5) is 20.7. The van der Waals surface area contributed by atoms with E-state index < -0.39 is 5.60 Å². The van der Waals surface area contributed by atoms with Crippen LogP contribution in [-0.2, 0) is 18.3 Å². The van der Waals surface area contributed by atoms with Crippen LogP contribution in [0, 0.1) is 0 Å². The van der Waals surface area contributed by atoms with Gasteiger partial charge in [-0.25, -0.2) is 9.78 Å². The maximum absolute atomic E-state index is 12.3. The number of nitrogens with zero attached hydrogens (tertiary/aromatic N) is 4. The molecule has 0 atom stereocenters. The van der Waals surface area contributed by atoms with Gasteiger partial charge in [-0.2, -0.15) is 0 Å². The summed E-state index contributed by atoms with van der Waals surface area (Å²) in [7, 11) is 1.99. The summed E-state index contributed by atoms with van der Waals surface area (Å²) >= 11 is 0. The van der Waals surface area contributed by atoms with Gasteiger partial charge < -0.3 is 24.4 Å². The van der Waals surface area contributed by atoms with Gasteiger partial charge in [0.15, 0.2) is 0 Å². The topological polar surface area (TPSA) is 62.6 Å². The second-order valence-corrected chi connectivity index (χ2v) is 7.78. The number of anilines is 2. The van der Waals surface area contributed by atoms with E-state index >= 15 is 0 Å². The minimum Gasteiger partial charge on any atom is -0.444 e. The second kappa shape index (κ2) is 7.90. The van der Waals surface area contributed by atoms with Gasteiger partial charge in [-0.3, -0.25) is 0 Å². The summed E-state index contributed by atoms with van der Waals surface area (Å²) in [5.41, 5.74) is 1.76. The highest BCUT2D eigenvalue weighted by Crippen LogP contribution is 2.27. The predicted octanol–water partition coefficient (Wildman–Crippen LogP) is 3.09. The van der Waals surface area contributed by atoms with Crippen LogP contribution >= 0.6 is 0 Å². The zero-order chi connectivity index (χ0) is 19.4. The van der Waals surface area contributed by atoms with Crippen LogP contribution in [0.5, 0.6) is 0 Å². The van der Waals surface area contributed by atoms with E-state index in [4.69, 9.17) is 4.74 Å². The molecule has 27 heavy (non-hydrogen) atoms. The van der Waals surface area contributed by atoms with E-state index in [0.29, 0.717) is 19.6 Å². The van der Waals surface area contributed by atoms with Crippen LogP contribution in [0.2, 0.25) is 0 Å². The van der Waals surface area contributed by atoms with E-state index in [0.717, 1.165) is 30.3 Å². The molecule has 3 rings (SSSR count). The third-order valence-corrected chi connectivity index (χ3v) is 4.53. The molecule has 1 aromatic heterocycles. The zero-order valence-corrected chi connectivity index (χ0v) is 16.6. The third-order valence-electron chi connectivity index (χ3n) is 4.53. The van der Waals surface area contributed by atoms with Crippen molar-refractivity contribution in [1.29, 1.82) is 0 Å². The van der Waals surface area contributed by atoms with Gasteiger partial charge in [0.25, 0.3) is 0 Å². The van der Waals surface area contributed by atoms with Gasteiger partial charge in [0, 0.05) is 45.6 Å². The minimum atomic E-state index is -0.463. The van der Waals surface area contributed by atoms with Crippen LogP contribution in [0.1, 0.15) is 26.6 Å². The molecular formula is C20H29N5O2. The predicted molar refractivity (Wildman–Crippen MR) is 107 cm³/mol. The normalized spacial score (nSPS) is 15.0. The SMILES string of the molecule is Cn1ccnc1CNc1ccccc1N1CCN(C(=O)OC(C)(C)C)CC1. The zero-order valence-electron chi connectivity index (χ0n) is 16.6. The van der Waals surface area contributed by atoms with Gasteiger partial charge in [-0.1, -0.05) is 12.1 Å². The maximum atomic E-state index is 12.3. The summed E-state index contributed by atoms with van der Waals surface area (Å²) < 4.78 is 7.49. The quantitative estimate of drug-likeness (QED) is 0.895. The molecule has 7 nitrogen and oxygen atoms in total. The first-order chi connectivity index (χ1) is 12.8. The lowest BCUT2D eigenvalue weighted by Crippen LogP contribution is -2.50. The number of aryl methyl sites for hydroxylation is 1. The number of benzene rings is 1. The molecule has 1 aliphatic rings. The Hall–Kier alpha value is -2.70. The molecule has 146 valence electrons. The number of para-hydroxylation sites is 2. The van der Waals surface area contributed by atoms with E-state index in [2.05, 4.69) is 27.3 Å². The number of amides is 1. The Balaban J connectivity index is 1.61. The monoisotopic (exact) mass is 371 g/mol. The number of hydrogen-bond acceptors (Lipinski definition) is 5. The molecule has 2 heterocycles. The van der Waals surface area contributed by atoms with Crippen molar-refractivity contribution in [3.63, 3.8) is 0 Å². The van der Waals surface area contributed by atoms with Crippen LogP contribution in [0.4, 0.5) is 16.2 Å². The van der Waals surface area contributed by atoms with Crippen molar-refractivity contribution in [2.24, 2.45) is 7.05 Å². The van der Waals surface area contributed by atoms with Crippen LogP contribution in [0.3, 0.4) is 0 Å². The molecular weight excluding hydrogens is 342 g/mol. The number of nitrogens with one attached hydrogen (secondary N) is 1. The molecule has 1 saturated heterocycles. The number of carbonyl (C=O) groups excluding carboxylic acids is 1. The largest absolute Gasteiger partial charge is 0.444 e. The van der Waals surface area contributed by atoms with E-state index in [-0.39, 0.29) is 6.09 Å². The number of hydrogen-bond donors (Lipinski definition) is 1. The van der Waals surface area contributed by atoms with Crippen LogP contribution in [0.25, 0.3) is 0 Å². The third kappa shape index (κ3) is 4.93. The first-order valence-electron chi connectivity index (χ1n) is 9.35. The second-order valence-electron chi connectivity index (χ2n) is 7.78. The number of piperazine rings is 1. The fraction of sp³-hybridized carbons (Fsp3) is 0.500. The molecule has 0 unspecified atom stereocenters. The van der Waals surface area contributed by atoms with Crippen LogP contribution in [-0.4, -0.2) is 52.3 Å². The Morgan fingerprint density at radius 1 is 1.19 bits per heavy atom. The lowest BCUT2D eigenvalue weighted by molar-refractivity contribution is 0.0240. The smallest absolute Gasteiger partial charge is 0.410 e. The van der Waals surface area contributed by atoms with Gasteiger partial charge in [0.05, 0.1) is 17.9 Å². The Morgan fingerprint density at radius 2 is 1.89 bits per heavy atom. The molecule has 7 heteroatoms. The van der Waals surface area contributed by atoms with E-state index in [1.807, 2.05) is 50.7 Å². The lowest BCUT2D eigenvalue weighted by atomic mass is 10.2. The van der Waals surface area contributed by atoms with E-state index in [9.17, 15) is 4.79 Å². The fourth-order valence-electron chi connectivity index (χ4n) is 3.10. The van der Waals surface area contributed by atoms with Gasteiger partial charge in [-0.05, 0) is 32.9 Å². The highest BCUT2D eigenvalue weighted by atomic mass is 16.6. The Bertz CT molecular complexity index is 773. The minimum absolute atomic E-state index is 0.233. The molecule has 1 aliphatic heterocycles. The average molecular weight is 371 g/mol. The van der Waals surface area contributed by atoms with Crippen LogP contribution < -0.4 is 10.2 Å². The molecule has 1 fully saturated rings. The van der Waals surface area contributed by atoms with Gasteiger partial charge in [0.2, 0.25) is 0 Å². The number of aromatic nitrogens is 2. The van der Waals surface area contributed by atoms with Crippen molar-refractivity contribution in [2.75, 3.05) is 36.4 Å². The molecule has 0 bridgehead atoms. The van der Waals surface area contributed by atoms with Crippen molar-refractivity contribution in [1.82, 2.24) is 14.5 Å². The first kappa shape index (κ1) is 19.1. The van der Waals surface area contributed by atoms with Crippen molar-refractivity contribution in [3.05, 3.63) is 42.5 Å². The van der Waals surface area contributed by atoms with E-state index in [1.165, 1.54) is 0 Å².